The number of rotatable bonds is 2. The van der Waals surface area contributed by atoms with Crippen LogP contribution in [0.5, 0.6) is 5.75 Å². The first kappa shape index (κ1) is 9.53. The summed E-state index contributed by atoms with van der Waals surface area (Å²) in [5.74, 6) is 0.907. The molecule has 2 heteroatoms. The molecule has 76 valence electrons. The second-order valence-corrected chi connectivity index (χ2v) is 3.76. The van der Waals surface area contributed by atoms with E-state index in [4.69, 9.17) is 4.74 Å². The molecule has 0 fully saturated rings. The first-order valence-electron chi connectivity index (χ1n) is 5.15. The standard InChI is InChI=1S/C12H16O2/c1-14-12-10(8-13)7-6-9-4-2-3-5-11(9)12/h6-7,13H,2-5,8H2,1H3. The van der Waals surface area contributed by atoms with Crippen molar-refractivity contribution in [1.82, 2.24) is 0 Å². The van der Waals surface area contributed by atoms with Crippen molar-refractivity contribution >= 4 is 0 Å². The molecule has 1 aromatic rings. The smallest absolute Gasteiger partial charge is 0.127 e. The minimum Gasteiger partial charge on any atom is -0.496 e. The van der Waals surface area contributed by atoms with Crippen molar-refractivity contribution in [3.8, 4) is 5.75 Å². The van der Waals surface area contributed by atoms with Gasteiger partial charge in [-0.1, -0.05) is 12.1 Å². The molecule has 0 amide bonds. The quantitative estimate of drug-likeness (QED) is 0.777. The lowest BCUT2D eigenvalue weighted by atomic mass is 9.89. The summed E-state index contributed by atoms with van der Waals surface area (Å²) in [4.78, 5) is 0. The summed E-state index contributed by atoms with van der Waals surface area (Å²) in [5, 5.41) is 9.17. The minimum atomic E-state index is 0.0659. The summed E-state index contributed by atoms with van der Waals surface area (Å²) < 4.78 is 5.37. The first-order chi connectivity index (χ1) is 6.86. The van der Waals surface area contributed by atoms with Crippen LogP contribution in [-0.4, -0.2) is 12.2 Å². The van der Waals surface area contributed by atoms with Crippen LogP contribution in [0.3, 0.4) is 0 Å². The molecule has 0 bridgehead atoms. The number of hydrogen-bond acceptors (Lipinski definition) is 2. The van der Waals surface area contributed by atoms with Crippen molar-refractivity contribution in [2.24, 2.45) is 0 Å². The van der Waals surface area contributed by atoms with Crippen LogP contribution in [0.25, 0.3) is 0 Å². The molecular weight excluding hydrogens is 176 g/mol. The van der Waals surface area contributed by atoms with Crippen LogP contribution in [0.1, 0.15) is 29.5 Å². The monoisotopic (exact) mass is 192 g/mol. The second kappa shape index (κ2) is 4.01. The molecule has 1 aliphatic carbocycles. The average Bonchev–Trinajstić information content (AvgIpc) is 2.27. The van der Waals surface area contributed by atoms with Gasteiger partial charge >= 0.3 is 0 Å². The van der Waals surface area contributed by atoms with Crippen LogP contribution in [0.2, 0.25) is 0 Å². The van der Waals surface area contributed by atoms with E-state index in [2.05, 4.69) is 6.07 Å². The van der Waals surface area contributed by atoms with Crippen LogP contribution in [0.4, 0.5) is 0 Å². The third kappa shape index (κ3) is 1.50. The lowest BCUT2D eigenvalue weighted by Crippen LogP contribution is -2.07. The Balaban J connectivity index is 2.50. The van der Waals surface area contributed by atoms with Gasteiger partial charge in [-0.2, -0.15) is 0 Å². The van der Waals surface area contributed by atoms with Gasteiger partial charge in [0.1, 0.15) is 5.75 Å². The van der Waals surface area contributed by atoms with Crippen LogP contribution in [0.15, 0.2) is 12.1 Å². The molecule has 0 saturated heterocycles. The summed E-state index contributed by atoms with van der Waals surface area (Å²) in [6.45, 7) is 0.0659. The Labute approximate surface area is 84.5 Å². The van der Waals surface area contributed by atoms with E-state index >= 15 is 0 Å². The zero-order chi connectivity index (χ0) is 9.97. The lowest BCUT2D eigenvalue weighted by molar-refractivity contribution is 0.273. The first-order valence-corrected chi connectivity index (χ1v) is 5.15. The van der Waals surface area contributed by atoms with Crippen LogP contribution in [-0.2, 0) is 19.4 Å². The topological polar surface area (TPSA) is 29.5 Å². The third-order valence-corrected chi connectivity index (χ3v) is 2.94. The Morgan fingerprint density at radius 2 is 2.07 bits per heavy atom. The molecule has 2 nitrogen and oxygen atoms in total. The third-order valence-electron chi connectivity index (χ3n) is 2.94. The molecule has 0 radical (unpaired) electrons. The maximum absolute atomic E-state index is 9.17. The Morgan fingerprint density at radius 1 is 1.29 bits per heavy atom. The van der Waals surface area contributed by atoms with Gasteiger partial charge < -0.3 is 9.84 Å². The summed E-state index contributed by atoms with van der Waals surface area (Å²) in [7, 11) is 1.68. The lowest BCUT2D eigenvalue weighted by Gasteiger charge is -2.20. The van der Waals surface area contributed by atoms with E-state index < -0.39 is 0 Å². The zero-order valence-corrected chi connectivity index (χ0v) is 8.55. The number of fused-ring (bicyclic) bond motifs is 1. The molecule has 0 heterocycles. The number of hydrogen-bond donors (Lipinski definition) is 1. The van der Waals surface area contributed by atoms with Gasteiger partial charge in [-0.3, -0.25) is 0 Å². The molecule has 2 rings (SSSR count). The molecule has 0 spiro atoms. The molecule has 0 saturated carbocycles. The highest BCUT2D eigenvalue weighted by Crippen LogP contribution is 2.32. The number of aryl methyl sites for hydroxylation is 1. The number of aliphatic hydroxyl groups is 1. The number of methoxy groups -OCH3 is 1. The molecule has 1 N–H and O–H groups in total. The second-order valence-electron chi connectivity index (χ2n) is 3.76. The summed E-state index contributed by atoms with van der Waals surface area (Å²) >= 11 is 0. The van der Waals surface area contributed by atoms with E-state index in [1.165, 1.54) is 24.0 Å². The largest absolute Gasteiger partial charge is 0.496 e. The van der Waals surface area contributed by atoms with Crippen molar-refractivity contribution in [3.63, 3.8) is 0 Å². The van der Waals surface area contributed by atoms with Gasteiger partial charge in [0.05, 0.1) is 13.7 Å². The molecule has 1 aromatic carbocycles. The summed E-state index contributed by atoms with van der Waals surface area (Å²) in [6.07, 6.45) is 4.75. The van der Waals surface area contributed by atoms with E-state index in [0.717, 1.165) is 24.2 Å². The van der Waals surface area contributed by atoms with Crippen LogP contribution in [0, 0.1) is 0 Å². The molecule has 0 aromatic heterocycles. The van der Waals surface area contributed by atoms with Gasteiger partial charge in [0, 0.05) is 5.56 Å². The van der Waals surface area contributed by atoms with Gasteiger partial charge in [-0.05, 0) is 36.8 Å². The number of aliphatic hydroxyl groups excluding tert-OH is 1. The Bertz CT molecular complexity index is 316. The average molecular weight is 192 g/mol. The van der Waals surface area contributed by atoms with Crippen molar-refractivity contribution in [1.29, 1.82) is 0 Å². The van der Waals surface area contributed by atoms with Gasteiger partial charge in [-0.15, -0.1) is 0 Å². The SMILES string of the molecule is COc1c(CO)ccc2c1CCCC2. The van der Waals surface area contributed by atoms with Crippen molar-refractivity contribution in [2.45, 2.75) is 32.3 Å². The van der Waals surface area contributed by atoms with E-state index in [1.807, 2.05) is 6.07 Å². The number of benzene rings is 1. The molecule has 0 atom stereocenters. The highest BCUT2D eigenvalue weighted by atomic mass is 16.5. The van der Waals surface area contributed by atoms with E-state index in [0.29, 0.717) is 0 Å². The predicted octanol–water partition coefficient (Wildman–Crippen LogP) is 2.07. The minimum absolute atomic E-state index is 0.0659. The van der Waals surface area contributed by atoms with Crippen LogP contribution < -0.4 is 4.74 Å². The molecule has 0 unspecified atom stereocenters. The fraction of sp³-hybridized carbons (Fsp3) is 0.500. The maximum atomic E-state index is 9.17. The normalized spacial score (nSPS) is 15.0. The highest BCUT2D eigenvalue weighted by Gasteiger charge is 2.16. The highest BCUT2D eigenvalue weighted by molar-refractivity contribution is 5.47. The van der Waals surface area contributed by atoms with Gasteiger partial charge in [0.2, 0.25) is 0 Å². The Morgan fingerprint density at radius 3 is 2.79 bits per heavy atom. The molecule has 14 heavy (non-hydrogen) atoms. The maximum Gasteiger partial charge on any atom is 0.127 e. The van der Waals surface area contributed by atoms with Gasteiger partial charge in [0.25, 0.3) is 0 Å². The fourth-order valence-corrected chi connectivity index (χ4v) is 2.22. The van der Waals surface area contributed by atoms with E-state index in [-0.39, 0.29) is 6.61 Å². The van der Waals surface area contributed by atoms with E-state index in [9.17, 15) is 5.11 Å². The molecule has 0 aliphatic heterocycles. The molecular formula is C12H16O2. The van der Waals surface area contributed by atoms with E-state index in [1.54, 1.807) is 7.11 Å². The summed E-state index contributed by atoms with van der Waals surface area (Å²) in [5.41, 5.74) is 3.61. The fourth-order valence-electron chi connectivity index (χ4n) is 2.22. The Kier molecular flexibility index (Phi) is 2.73. The van der Waals surface area contributed by atoms with Gasteiger partial charge in [0.15, 0.2) is 0 Å². The zero-order valence-electron chi connectivity index (χ0n) is 8.55. The van der Waals surface area contributed by atoms with Gasteiger partial charge in [-0.25, -0.2) is 0 Å². The van der Waals surface area contributed by atoms with Crippen molar-refractivity contribution < 1.29 is 9.84 Å². The predicted molar refractivity (Wildman–Crippen MR) is 55.6 cm³/mol. The van der Waals surface area contributed by atoms with Crippen molar-refractivity contribution in [3.05, 3.63) is 28.8 Å². The molecule has 1 aliphatic rings. The summed E-state index contributed by atoms with van der Waals surface area (Å²) in [6, 6.07) is 4.10. The van der Waals surface area contributed by atoms with Crippen LogP contribution >= 0.6 is 0 Å². The number of ether oxygens (including phenoxy) is 1. The van der Waals surface area contributed by atoms with Crippen molar-refractivity contribution in [2.75, 3.05) is 7.11 Å². The Hall–Kier alpha value is -1.02.